The number of carbonyl (C=O) groups excluding carboxylic acids is 2. The molecule has 6 aromatic rings. The van der Waals surface area contributed by atoms with E-state index >= 15 is 0 Å². The van der Waals surface area contributed by atoms with Crippen LogP contribution in [0, 0.1) is 0 Å². The fraction of sp³-hybridized carbons (Fsp3) is 0.368. The summed E-state index contributed by atoms with van der Waals surface area (Å²) in [6.07, 6.45) is 10.6. The molecule has 0 spiro atoms. The predicted octanol–water partition coefficient (Wildman–Crippen LogP) is 5.83. The molecule has 6 heterocycles. The molecule has 0 N–H and O–H groups in total. The Morgan fingerprint density at radius 1 is 0.600 bits per heavy atom. The molecule has 2 saturated heterocycles. The summed E-state index contributed by atoms with van der Waals surface area (Å²) >= 11 is 3.32. The van der Waals surface area contributed by atoms with Gasteiger partial charge in [0.15, 0.2) is 10.3 Å². The van der Waals surface area contributed by atoms with E-state index in [0.717, 1.165) is 75.5 Å². The minimum Gasteiger partial charge on any atom is -0.351 e. The number of nitrogens with zero attached hydrogens (tertiary/aromatic N) is 8. The molecule has 50 heavy (non-hydrogen) atoms. The Bertz CT molecular complexity index is 1870. The summed E-state index contributed by atoms with van der Waals surface area (Å²) in [5.41, 5.74) is 4.90. The van der Waals surface area contributed by atoms with Crippen molar-refractivity contribution in [3.8, 4) is 0 Å². The number of carbonyl (C=O) groups is 2. The zero-order valence-corrected chi connectivity index (χ0v) is 30.4. The van der Waals surface area contributed by atoms with Crippen LogP contribution in [-0.2, 0) is 36.5 Å². The first-order valence-electron chi connectivity index (χ1n) is 17.3. The van der Waals surface area contributed by atoms with Crippen molar-refractivity contribution in [2.75, 3.05) is 62.2 Å². The fourth-order valence-electron chi connectivity index (χ4n) is 6.78. The van der Waals surface area contributed by atoms with Gasteiger partial charge in [0.25, 0.3) is 0 Å². The van der Waals surface area contributed by atoms with E-state index in [2.05, 4.69) is 104 Å². The summed E-state index contributed by atoms with van der Waals surface area (Å²) in [5.74, 6) is 0.511. The molecular weight excluding hydrogens is 665 g/mol. The maximum Gasteiger partial charge on any atom is 0.223 e. The fourth-order valence-corrected chi connectivity index (χ4v) is 8.18. The largest absolute Gasteiger partial charge is 0.351 e. The number of benzene rings is 2. The summed E-state index contributed by atoms with van der Waals surface area (Å²) < 4.78 is 4.25. The molecule has 260 valence electrons. The minimum absolute atomic E-state index is 0.255. The topological polar surface area (TPSA) is 82.7 Å². The molecule has 0 radical (unpaired) electrons. The van der Waals surface area contributed by atoms with Crippen LogP contribution in [0.25, 0.3) is 21.8 Å². The molecule has 0 bridgehead atoms. The van der Waals surface area contributed by atoms with Gasteiger partial charge in [-0.15, -0.1) is 22.7 Å². The Labute approximate surface area is 301 Å². The SMILES string of the molecule is Cn1ccc2ccc(CCC(=O)N3CCN(c4nccs4)CC3)cc21.Cn1ccc2ccc(CCC(=O)N3CCN(c4nccs4)CC3)cc21. The van der Waals surface area contributed by atoms with Gasteiger partial charge in [0.2, 0.25) is 11.8 Å². The summed E-state index contributed by atoms with van der Waals surface area (Å²) in [6.45, 7) is 6.63. The van der Waals surface area contributed by atoms with Gasteiger partial charge >= 0.3 is 0 Å². The van der Waals surface area contributed by atoms with Crippen molar-refractivity contribution in [2.45, 2.75) is 25.7 Å². The molecule has 2 amide bonds. The van der Waals surface area contributed by atoms with Gasteiger partial charge in [0, 0.05) is 126 Å². The zero-order chi connectivity index (χ0) is 34.5. The van der Waals surface area contributed by atoms with Crippen LogP contribution in [0.1, 0.15) is 24.0 Å². The number of hydrogen-bond donors (Lipinski definition) is 0. The number of thiazole rings is 2. The average Bonchev–Trinajstić information content (AvgIpc) is 4.00. The summed E-state index contributed by atoms with van der Waals surface area (Å²) in [4.78, 5) is 42.3. The molecule has 4 aromatic heterocycles. The Kier molecular flexibility index (Phi) is 10.5. The Balaban J connectivity index is 0.000000157. The molecule has 8 rings (SSSR count). The predicted molar refractivity (Wildman–Crippen MR) is 204 cm³/mol. The van der Waals surface area contributed by atoms with Crippen molar-refractivity contribution >= 4 is 66.6 Å². The smallest absolute Gasteiger partial charge is 0.223 e. The van der Waals surface area contributed by atoms with Gasteiger partial charge in [0.05, 0.1) is 0 Å². The number of aryl methyl sites for hydroxylation is 4. The van der Waals surface area contributed by atoms with Crippen LogP contribution in [0.15, 0.2) is 84.1 Å². The molecule has 2 aromatic carbocycles. The van der Waals surface area contributed by atoms with Crippen LogP contribution in [0.3, 0.4) is 0 Å². The lowest BCUT2D eigenvalue weighted by molar-refractivity contribution is -0.132. The van der Waals surface area contributed by atoms with E-state index in [1.807, 2.05) is 33.0 Å². The van der Waals surface area contributed by atoms with Crippen LogP contribution in [0.4, 0.5) is 10.3 Å². The maximum absolute atomic E-state index is 12.5. The van der Waals surface area contributed by atoms with E-state index in [0.29, 0.717) is 12.8 Å². The number of aromatic nitrogens is 4. The lowest BCUT2D eigenvalue weighted by Gasteiger charge is -2.34. The summed E-state index contributed by atoms with van der Waals surface area (Å²) in [6, 6.07) is 17.2. The molecule has 2 aliphatic heterocycles. The molecule has 0 saturated carbocycles. The lowest BCUT2D eigenvalue weighted by Crippen LogP contribution is -2.48. The molecule has 2 fully saturated rings. The number of amides is 2. The lowest BCUT2D eigenvalue weighted by atomic mass is 10.1. The Morgan fingerprint density at radius 3 is 1.40 bits per heavy atom. The summed E-state index contributed by atoms with van der Waals surface area (Å²) in [7, 11) is 4.11. The van der Waals surface area contributed by atoms with Crippen LogP contribution in [-0.4, -0.2) is 93.1 Å². The van der Waals surface area contributed by atoms with Crippen molar-refractivity contribution < 1.29 is 9.59 Å². The van der Waals surface area contributed by atoms with Gasteiger partial charge in [0.1, 0.15) is 0 Å². The van der Waals surface area contributed by atoms with E-state index in [-0.39, 0.29) is 11.8 Å². The third-order valence-electron chi connectivity index (χ3n) is 9.80. The highest BCUT2D eigenvalue weighted by Crippen LogP contribution is 2.22. The molecule has 0 aliphatic carbocycles. The molecule has 0 atom stereocenters. The highest BCUT2D eigenvalue weighted by Gasteiger charge is 2.23. The molecular formula is C38H44N8O2S2. The molecule has 12 heteroatoms. The maximum atomic E-state index is 12.5. The van der Waals surface area contributed by atoms with Crippen molar-refractivity contribution in [2.24, 2.45) is 14.1 Å². The second-order valence-corrected chi connectivity index (χ2v) is 14.8. The first-order chi connectivity index (χ1) is 24.4. The van der Waals surface area contributed by atoms with E-state index in [9.17, 15) is 9.59 Å². The number of piperazine rings is 2. The molecule has 2 aliphatic rings. The second kappa shape index (κ2) is 15.5. The van der Waals surface area contributed by atoms with Crippen LogP contribution in [0.2, 0.25) is 0 Å². The third kappa shape index (κ3) is 7.87. The van der Waals surface area contributed by atoms with E-state index < -0.39 is 0 Å². The van der Waals surface area contributed by atoms with Crippen molar-refractivity contribution in [1.82, 2.24) is 28.9 Å². The Morgan fingerprint density at radius 2 is 1.02 bits per heavy atom. The Hall–Kier alpha value is -4.68. The zero-order valence-electron chi connectivity index (χ0n) is 28.8. The minimum atomic E-state index is 0.255. The quantitative estimate of drug-likeness (QED) is 0.198. The van der Waals surface area contributed by atoms with Gasteiger partial charge in [-0.1, -0.05) is 24.3 Å². The normalized spacial score (nSPS) is 15.1. The van der Waals surface area contributed by atoms with Gasteiger partial charge < -0.3 is 28.7 Å². The number of rotatable bonds is 8. The first kappa shape index (κ1) is 33.8. The van der Waals surface area contributed by atoms with Gasteiger partial charge in [-0.2, -0.15) is 0 Å². The molecule has 0 unspecified atom stereocenters. The van der Waals surface area contributed by atoms with Crippen LogP contribution >= 0.6 is 22.7 Å². The van der Waals surface area contributed by atoms with Gasteiger partial charge in [-0.25, -0.2) is 9.97 Å². The molecule has 10 nitrogen and oxygen atoms in total. The van der Waals surface area contributed by atoms with E-state index in [1.54, 1.807) is 22.7 Å². The van der Waals surface area contributed by atoms with Crippen molar-refractivity contribution in [1.29, 1.82) is 0 Å². The van der Waals surface area contributed by atoms with E-state index in [1.165, 1.54) is 32.9 Å². The van der Waals surface area contributed by atoms with Gasteiger partial charge in [-0.05, 0) is 59.0 Å². The number of hydrogen-bond acceptors (Lipinski definition) is 8. The summed E-state index contributed by atoms with van der Waals surface area (Å²) in [5, 5.41) is 8.60. The second-order valence-electron chi connectivity index (χ2n) is 13.0. The van der Waals surface area contributed by atoms with Crippen molar-refractivity contribution in [3.63, 3.8) is 0 Å². The standard InChI is InChI=1S/2C19H22N4OS/c2*1-21-8-6-16-4-2-15(14-17(16)21)3-5-18(24)22-9-11-23(12-10-22)19-20-7-13-25-19/h2*2,4,6-8,13-14H,3,5,9-12H2,1H3. The third-order valence-corrected chi connectivity index (χ3v) is 11.5. The highest BCUT2D eigenvalue weighted by molar-refractivity contribution is 7.13. The van der Waals surface area contributed by atoms with Gasteiger partial charge in [-0.3, -0.25) is 9.59 Å². The monoisotopic (exact) mass is 708 g/mol. The number of anilines is 2. The highest BCUT2D eigenvalue weighted by atomic mass is 32.1. The van der Waals surface area contributed by atoms with Crippen LogP contribution < -0.4 is 9.80 Å². The average molecular weight is 709 g/mol. The number of fused-ring (bicyclic) bond motifs is 2. The van der Waals surface area contributed by atoms with E-state index in [4.69, 9.17) is 0 Å². The first-order valence-corrected chi connectivity index (χ1v) is 19.1. The van der Waals surface area contributed by atoms with Crippen LogP contribution in [0.5, 0.6) is 0 Å². The van der Waals surface area contributed by atoms with Crippen molar-refractivity contribution in [3.05, 3.63) is 95.2 Å².